The lowest BCUT2D eigenvalue weighted by Crippen LogP contribution is -2.10. The molecule has 0 amide bonds. The van der Waals surface area contributed by atoms with Gasteiger partial charge in [0.15, 0.2) is 0 Å². The van der Waals surface area contributed by atoms with Crippen LogP contribution in [-0.2, 0) is 14.4 Å². The Morgan fingerprint density at radius 1 is 0.897 bits per heavy atom. The number of hydrogen-bond acceptors (Lipinski definition) is 5. The fourth-order valence-corrected chi connectivity index (χ4v) is 4.92. The second-order valence-corrected chi connectivity index (χ2v) is 9.90. The molecule has 0 N–H and O–H groups in total. The van der Waals surface area contributed by atoms with Crippen LogP contribution in [0.5, 0.6) is 0 Å². The fraction of sp³-hybridized carbons (Fsp3) is 0.174. The largest absolute Gasteiger partial charge is 0.358 e. The molecule has 0 aliphatic heterocycles. The first-order chi connectivity index (χ1) is 13.8. The van der Waals surface area contributed by atoms with Crippen LogP contribution in [0.4, 0.5) is 0 Å². The molecule has 29 heavy (non-hydrogen) atoms. The predicted octanol–water partition coefficient (Wildman–Crippen LogP) is 5.71. The van der Waals surface area contributed by atoms with E-state index in [1.807, 2.05) is 31.2 Å². The summed E-state index contributed by atoms with van der Waals surface area (Å²) in [5.74, 6) is 0.348. The van der Waals surface area contributed by atoms with Gasteiger partial charge in [0.1, 0.15) is 10.3 Å². The molecule has 0 spiro atoms. The van der Waals surface area contributed by atoms with Crippen molar-refractivity contribution in [1.29, 1.82) is 0 Å². The number of aryl methyl sites for hydroxylation is 1. The third-order valence-electron chi connectivity index (χ3n) is 4.82. The summed E-state index contributed by atoms with van der Waals surface area (Å²) in [5.41, 5.74) is 2.14. The lowest BCUT2D eigenvalue weighted by atomic mass is 10.0. The molecular formula is C23H21NO3S2. The highest BCUT2D eigenvalue weighted by Crippen LogP contribution is 2.27. The van der Waals surface area contributed by atoms with Crippen molar-refractivity contribution in [2.45, 2.75) is 31.6 Å². The van der Waals surface area contributed by atoms with Crippen LogP contribution >= 0.6 is 11.3 Å². The molecule has 0 unspecified atom stereocenters. The molecular weight excluding hydrogens is 402 g/mol. The molecule has 0 atom stereocenters. The Balaban J connectivity index is 1.94. The van der Waals surface area contributed by atoms with Gasteiger partial charge in [0.2, 0.25) is 0 Å². The maximum atomic E-state index is 12.7. The topological polar surface area (TPSA) is 55.7 Å². The summed E-state index contributed by atoms with van der Waals surface area (Å²) in [4.78, 5) is 0.0853. The van der Waals surface area contributed by atoms with Gasteiger partial charge in [0.25, 0.3) is 0 Å². The quantitative estimate of drug-likeness (QED) is 0.312. The molecule has 0 aliphatic rings. The SMILES string of the molecule is Cc1ccc(S(=O)(=O)ON=c2c3ccccc3sc3ccc(C(C)C)cc23)cc1. The molecule has 0 saturated carbocycles. The average Bonchev–Trinajstić information content (AvgIpc) is 2.71. The molecule has 148 valence electrons. The zero-order valence-electron chi connectivity index (χ0n) is 16.4. The summed E-state index contributed by atoms with van der Waals surface area (Å²) in [7, 11) is -4.00. The van der Waals surface area contributed by atoms with Gasteiger partial charge < -0.3 is 0 Å². The molecule has 0 bridgehead atoms. The van der Waals surface area contributed by atoms with Gasteiger partial charge in [-0.1, -0.05) is 61.0 Å². The first-order valence-electron chi connectivity index (χ1n) is 9.35. The van der Waals surface area contributed by atoms with Crippen molar-refractivity contribution in [2.75, 3.05) is 0 Å². The molecule has 4 aromatic rings. The number of rotatable bonds is 4. The number of hydrogen-bond donors (Lipinski definition) is 0. The van der Waals surface area contributed by atoms with E-state index in [-0.39, 0.29) is 4.90 Å². The van der Waals surface area contributed by atoms with Crippen molar-refractivity contribution in [3.05, 3.63) is 83.2 Å². The third kappa shape index (κ3) is 3.91. The van der Waals surface area contributed by atoms with Crippen molar-refractivity contribution in [2.24, 2.45) is 5.16 Å². The smallest absolute Gasteiger partial charge is 0.264 e. The van der Waals surface area contributed by atoms with Gasteiger partial charge in [-0.2, -0.15) is 8.42 Å². The first-order valence-corrected chi connectivity index (χ1v) is 11.6. The maximum absolute atomic E-state index is 12.7. The van der Waals surface area contributed by atoms with Gasteiger partial charge in [-0.3, -0.25) is 4.28 Å². The Hall–Kier alpha value is -2.70. The van der Waals surface area contributed by atoms with Gasteiger partial charge in [-0.05, 0) is 48.7 Å². The van der Waals surface area contributed by atoms with Crippen LogP contribution in [0.3, 0.4) is 0 Å². The van der Waals surface area contributed by atoms with Gasteiger partial charge in [0.05, 0.1) is 0 Å². The Labute approximate surface area is 174 Å². The predicted molar refractivity (Wildman–Crippen MR) is 118 cm³/mol. The van der Waals surface area contributed by atoms with Gasteiger partial charge in [0, 0.05) is 20.2 Å². The minimum absolute atomic E-state index is 0.0853. The minimum Gasteiger partial charge on any atom is -0.264 e. The van der Waals surface area contributed by atoms with Crippen LogP contribution in [-0.4, -0.2) is 8.42 Å². The Morgan fingerprint density at radius 2 is 1.59 bits per heavy atom. The fourth-order valence-electron chi connectivity index (χ4n) is 3.13. The van der Waals surface area contributed by atoms with Crippen molar-refractivity contribution < 1.29 is 12.7 Å². The summed E-state index contributed by atoms with van der Waals surface area (Å²) in [6.45, 7) is 6.15. The highest BCUT2D eigenvalue weighted by Gasteiger charge is 2.16. The van der Waals surface area contributed by atoms with E-state index in [4.69, 9.17) is 4.28 Å². The average molecular weight is 424 g/mol. The van der Waals surface area contributed by atoms with Crippen molar-refractivity contribution in [3.8, 4) is 0 Å². The van der Waals surface area contributed by atoms with E-state index in [1.165, 1.54) is 12.1 Å². The van der Waals surface area contributed by atoms with Crippen LogP contribution in [0.15, 0.2) is 76.8 Å². The molecule has 4 nitrogen and oxygen atoms in total. The Bertz CT molecular complexity index is 1370. The Morgan fingerprint density at radius 3 is 2.31 bits per heavy atom. The summed E-state index contributed by atoms with van der Waals surface area (Å²) in [6, 6.07) is 20.6. The molecule has 4 rings (SSSR count). The maximum Gasteiger partial charge on any atom is 0.358 e. The summed E-state index contributed by atoms with van der Waals surface area (Å²) in [6.07, 6.45) is 0. The van der Waals surface area contributed by atoms with Crippen LogP contribution in [0.25, 0.3) is 20.2 Å². The number of benzene rings is 3. The summed E-state index contributed by atoms with van der Waals surface area (Å²) >= 11 is 1.65. The van der Waals surface area contributed by atoms with Crippen molar-refractivity contribution in [1.82, 2.24) is 0 Å². The zero-order chi connectivity index (χ0) is 20.6. The summed E-state index contributed by atoms with van der Waals surface area (Å²) < 4.78 is 32.5. The van der Waals surface area contributed by atoms with Gasteiger partial charge in [-0.25, -0.2) is 0 Å². The molecule has 0 saturated heterocycles. The third-order valence-corrected chi connectivity index (χ3v) is 7.10. The number of nitrogens with zero attached hydrogens (tertiary/aromatic N) is 1. The van der Waals surface area contributed by atoms with E-state index in [0.717, 1.165) is 31.3 Å². The second kappa shape index (κ2) is 7.61. The highest BCUT2D eigenvalue weighted by atomic mass is 32.2. The Kier molecular flexibility index (Phi) is 5.15. The van der Waals surface area contributed by atoms with E-state index < -0.39 is 10.1 Å². The lowest BCUT2D eigenvalue weighted by Gasteiger charge is -2.09. The van der Waals surface area contributed by atoms with E-state index >= 15 is 0 Å². The lowest BCUT2D eigenvalue weighted by molar-refractivity contribution is 0.326. The number of fused-ring (bicyclic) bond motifs is 2. The second-order valence-electron chi connectivity index (χ2n) is 7.29. The summed E-state index contributed by atoms with van der Waals surface area (Å²) in [5, 5.41) is 6.44. The van der Waals surface area contributed by atoms with Crippen LogP contribution in [0.1, 0.15) is 30.9 Å². The van der Waals surface area contributed by atoms with Crippen LogP contribution in [0, 0.1) is 6.92 Å². The standard InChI is InChI=1S/C23H21NO3S2/c1-15(2)17-10-13-22-20(14-17)23(19-6-4-5-7-21(19)28-22)24-27-29(25,26)18-11-8-16(3)9-12-18/h4-15H,1-3H3. The molecule has 1 aromatic heterocycles. The van der Waals surface area contributed by atoms with Gasteiger partial charge in [-0.15, -0.1) is 11.3 Å². The normalized spacial score (nSPS) is 12.8. The van der Waals surface area contributed by atoms with Crippen molar-refractivity contribution >= 4 is 41.6 Å². The van der Waals surface area contributed by atoms with Crippen molar-refractivity contribution in [3.63, 3.8) is 0 Å². The molecule has 6 heteroatoms. The van der Waals surface area contributed by atoms with Crippen LogP contribution < -0.4 is 5.36 Å². The van der Waals surface area contributed by atoms with E-state index in [9.17, 15) is 8.42 Å². The molecule has 0 radical (unpaired) electrons. The minimum atomic E-state index is -4.00. The van der Waals surface area contributed by atoms with E-state index in [0.29, 0.717) is 11.3 Å². The molecule has 0 fully saturated rings. The monoisotopic (exact) mass is 423 g/mol. The van der Waals surface area contributed by atoms with E-state index in [1.54, 1.807) is 23.5 Å². The van der Waals surface area contributed by atoms with Crippen LogP contribution in [0.2, 0.25) is 0 Å². The van der Waals surface area contributed by atoms with E-state index in [2.05, 4.69) is 37.2 Å². The highest BCUT2D eigenvalue weighted by molar-refractivity contribution is 7.86. The molecule has 1 heterocycles. The molecule has 0 aliphatic carbocycles. The van der Waals surface area contributed by atoms with Gasteiger partial charge >= 0.3 is 10.1 Å². The first kappa shape index (κ1) is 19.6. The zero-order valence-corrected chi connectivity index (χ0v) is 18.0. The molecule has 3 aromatic carbocycles.